The molecule has 3 aromatic carbocycles. The van der Waals surface area contributed by atoms with Crippen molar-refractivity contribution in [3.05, 3.63) is 60.2 Å². The molecular weight excluding hydrogens is 294 g/mol. The molecule has 0 aliphatic rings. The van der Waals surface area contributed by atoms with Crippen LogP contribution < -0.4 is 0 Å². The van der Waals surface area contributed by atoms with Gasteiger partial charge in [-0.1, -0.05) is 62.4 Å². The van der Waals surface area contributed by atoms with E-state index in [4.69, 9.17) is 0 Å². The molecule has 0 saturated carbocycles. The highest BCUT2D eigenvalue weighted by Gasteiger charge is 2.32. The number of hydroxylamine groups is 2. The van der Waals surface area contributed by atoms with E-state index < -0.39 is 0 Å². The van der Waals surface area contributed by atoms with Gasteiger partial charge in [-0.2, -0.15) is 5.06 Å². The van der Waals surface area contributed by atoms with Crippen molar-refractivity contribution < 1.29 is 5.21 Å². The summed E-state index contributed by atoms with van der Waals surface area (Å²) in [6.07, 6.45) is 0. The Kier molecular flexibility index (Phi) is 4.37. The predicted octanol–water partition coefficient (Wildman–Crippen LogP) is 6.18. The van der Waals surface area contributed by atoms with Gasteiger partial charge in [0.15, 0.2) is 0 Å². The molecule has 0 aliphatic heterocycles. The lowest BCUT2D eigenvalue weighted by molar-refractivity contribution is -0.198. The first-order chi connectivity index (χ1) is 11.3. The summed E-state index contributed by atoms with van der Waals surface area (Å²) in [5.74, 6) is 0.291. The van der Waals surface area contributed by atoms with Crippen LogP contribution in [0.1, 0.15) is 46.2 Å². The molecule has 0 saturated heterocycles. The molecule has 3 rings (SSSR count). The van der Waals surface area contributed by atoms with Gasteiger partial charge in [0.1, 0.15) is 0 Å². The van der Waals surface area contributed by atoms with Crippen LogP contribution in [0, 0.1) is 5.92 Å². The van der Waals surface area contributed by atoms with E-state index >= 15 is 0 Å². The smallest absolute Gasteiger partial charge is 0.0634 e. The lowest BCUT2D eigenvalue weighted by Gasteiger charge is -2.39. The van der Waals surface area contributed by atoms with E-state index in [0.717, 1.165) is 0 Å². The fourth-order valence-electron chi connectivity index (χ4n) is 3.52. The summed E-state index contributed by atoms with van der Waals surface area (Å²) in [6.45, 7) is 10.5. The van der Waals surface area contributed by atoms with Gasteiger partial charge in [0.05, 0.1) is 6.04 Å². The topological polar surface area (TPSA) is 23.5 Å². The third kappa shape index (κ3) is 2.92. The Bertz CT molecular complexity index is 861. The van der Waals surface area contributed by atoms with Gasteiger partial charge in [-0.15, -0.1) is 0 Å². The van der Waals surface area contributed by atoms with Crippen molar-refractivity contribution >= 4 is 21.5 Å². The van der Waals surface area contributed by atoms with Crippen LogP contribution in [0.4, 0.5) is 0 Å². The second-order valence-corrected chi connectivity index (χ2v) is 7.94. The molecule has 0 bridgehead atoms. The minimum Gasteiger partial charge on any atom is -0.313 e. The van der Waals surface area contributed by atoms with Crippen molar-refractivity contribution in [2.24, 2.45) is 5.92 Å². The maximum absolute atomic E-state index is 10.9. The van der Waals surface area contributed by atoms with Crippen LogP contribution in [0.3, 0.4) is 0 Å². The first-order valence-corrected chi connectivity index (χ1v) is 8.69. The molecule has 1 atom stereocenters. The summed E-state index contributed by atoms with van der Waals surface area (Å²) in [5.41, 5.74) is 0.874. The average Bonchev–Trinajstić information content (AvgIpc) is 2.54. The number of hydrogen-bond acceptors (Lipinski definition) is 2. The first kappa shape index (κ1) is 16.9. The average molecular weight is 321 g/mol. The van der Waals surface area contributed by atoms with Crippen molar-refractivity contribution in [3.63, 3.8) is 0 Å². The highest BCUT2D eigenvalue weighted by molar-refractivity contribution is 6.09. The second-order valence-electron chi connectivity index (χ2n) is 7.94. The Hall–Kier alpha value is -1.90. The van der Waals surface area contributed by atoms with Crippen molar-refractivity contribution in [3.8, 4) is 0 Å². The van der Waals surface area contributed by atoms with Crippen LogP contribution in [0.15, 0.2) is 54.6 Å². The number of benzene rings is 3. The maximum Gasteiger partial charge on any atom is 0.0634 e. The monoisotopic (exact) mass is 321 g/mol. The number of nitrogens with zero attached hydrogens (tertiary/aromatic N) is 1. The van der Waals surface area contributed by atoms with Crippen LogP contribution in [0.5, 0.6) is 0 Å². The Balaban J connectivity index is 2.33. The number of rotatable bonds is 3. The molecule has 0 aliphatic carbocycles. The van der Waals surface area contributed by atoms with Gasteiger partial charge >= 0.3 is 0 Å². The van der Waals surface area contributed by atoms with Crippen LogP contribution in [-0.4, -0.2) is 15.8 Å². The van der Waals surface area contributed by atoms with E-state index in [1.807, 2.05) is 20.8 Å². The van der Waals surface area contributed by atoms with E-state index in [0.29, 0.717) is 5.92 Å². The largest absolute Gasteiger partial charge is 0.313 e. The van der Waals surface area contributed by atoms with Crippen LogP contribution in [-0.2, 0) is 0 Å². The van der Waals surface area contributed by atoms with Gasteiger partial charge in [0.2, 0.25) is 0 Å². The normalized spacial score (nSPS) is 14.0. The van der Waals surface area contributed by atoms with E-state index in [-0.39, 0.29) is 11.6 Å². The van der Waals surface area contributed by atoms with Gasteiger partial charge in [0, 0.05) is 5.54 Å². The summed E-state index contributed by atoms with van der Waals surface area (Å²) < 4.78 is 0. The van der Waals surface area contributed by atoms with E-state index in [1.54, 1.807) is 0 Å². The molecular formula is C22H27NO. The summed E-state index contributed by atoms with van der Waals surface area (Å²) >= 11 is 0. The van der Waals surface area contributed by atoms with Crippen LogP contribution >= 0.6 is 0 Å². The highest BCUT2D eigenvalue weighted by atomic mass is 16.5. The number of fused-ring (bicyclic) bond motifs is 3. The predicted molar refractivity (Wildman–Crippen MR) is 102 cm³/mol. The lowest BCUT2D eigenvalue weighted by Crippen LogP contribution is -2.43. The van der Waals surface area contributed by atoms with Crippen molar-refractivity contribution in [2.75, 3.05) is 0 Å². The molecule has 3 aromatic rings. The van der Waals surface area contributed by atoms with E-state index in [1.165, 1.54) is 32.2 Å². The first-order valence-electron chi connectivity index (χ1n) is 8.69. The quantitative estimate of drug-likeness (QED) is 0.460. The minimum atomic E-state index is -0.318. The molecule has 2 heteroatoms. The van der Waals surface area contributed by atoms with Crippen molar-refractivity contribution in [1.82, 2.24) is 5.06 Å². The van der Waals surface area contributed by atoms with Crippen molar-refractivity contribution in [2.45, 2.75) is 46.2 Å². The Morgan fingerprint density at radius 3 is 1.96 bits per heavy atom. The standard InChI is InChI=1S/C22H27NO/c1-15(2)21(23(24)22(3,4)5)20-14-16-10-6-7-11-17(16)18-12-8-9-13-19(18)20/h6-15,21,24H,1-5H3. The van der Waals surface area contributed by atoms with Crippen molar-refractivity contribution in [1.29, 1.82) is 0 Å². The molecule has 1 N–H and O–H groups in total. The van der Waals surface area contributed by atoms with E-state index in [2.05, 4.69) is 68.4 Å². The van der Waals surface area contributed by atoms with Gasteiger partial charge in [0.25, 0.3) is 0 Å². The lowest BCUT2D eigenvalue weighted by atomic mass is 9.87. The van der Waals surface area contributed by atoms with Crippen LogP contribution in [0.2, 0.25) is 0 Å². The third-order valence-electron chi connectivity index (χ3n) is 4.70. The third-order valence-corrected chi connectivity index (χ3v) is 4.70. The zero-order valence-corrected chi connectivity index (χ0v) is 15.2. The highest BCUT2D eigenvalue weighted by Crippen LogP contribution is 2.39. The Labute approximate surface area is 144 Å². The fraction of sp³-hybridized carbons (Fsp3) is 0.364. The molecule has 0 radical (unpaired) electrons. The fourth-order valence-corrected chi connectivity index (χ4v) is 3.52. The summed E-state index contributed by atoms with van der Waals surface area (Å²) in [6, 6.07) is 19.2. The van der Waals surface area contributed by atoms with Gasteiger partial charge < -0.3 is 5.21 Å². The SMILES string of the molecule is CC(C)C(c1cc2ccccc2c2ccccc12)N(O)C(C)(C)C. The summed E-state index contributed by atoms with van der Waals surface area (Å²) in [5, 5.41) is 17.4. The maximum atomic E-state index is 10.9. The van der Waals surface area contributed by atoms with Gasteiger partial charge in [-0.25, -0.2) is 0 Å². The van der Waals surface area contributed by atoms with E-state index in [9.17, 15) is 5.21 Å². The Morgan fingerprint density at radius 2 is 1.38 bits per heavy atom. The molecule has 2 nitrogen and oxygen atoms in total. The summed E-state index contributed by atoms with van der Waals surface area (Å²) in [4.78, 5) is 0. The molecule has 0 fully saturated rings. The van der Waals surface area contributed by atoms with Gasteiger partial charge in [-0.05, 0) is 59.9 Å². The zero-order valence-electron chi connectivity index (χ0n) is 15.2. The second kappa shape index (κ2) is 6.19. The molecule has 126 valence electrons. The molecule has 24 heavy (non-hydrogen) atoms. The Morgan fingerprint density at radius 1 is 0.833 bits per heavy atom. The minimum absolute atomic E-state index is 0.0560. The molecule has 0 heterocycles. The molecule has 0 spiro atoms. The molecule has 0 amide bonds. The number of hydrogen-bond donors (Lipinski definition) is 1. The van der Waals surface area contributed by atoms with Crippen LogP contribution in [0.25, 0.3) is 21.5 Å². The summed E-state index contributed by atoms with van der Waals surface area (Å²) in [7, 11) is 0. The van der Waals surface area contributed by atoms with Gasteiger partial charge in [-0.3, -0.25) is 0 Å². The molecule has 0 aromatic heterocycles. The zero-order chi connectivity index (χ0) is 17.5. The molecule has 1 unspecified atom stereocenters.